The summed E-state index contributed by atoms with van der Waals surface area (Å²) in [5.74, 6) is -0.0464. The number of benzene rings is 1. The van der Waals surface area contributed by atoms with E-state index in [2.05, 4.69) is 21.9 Å². The molecule has 0 saturated heterocycles. The number of carbonyl (C=O) groups excluding carboxylic acids is 1. The van der Waals surface area contributed by atoms with E-state index in [1.807, 2.05) is 26.0 Å². The summed E-state index contributed by atoms with van der Waals surface area (Å²) in [4.78, 5) is 11.6. The molecule has 0 bridgehead atoms. The van der Waals surface area contributed by atoms with Crippen LogP contribution in [0, 0.1) is 13.8 Å². The van der Waals surface area contributed by atoms with Crippen molar-refractivity contribution in [2.75, 3.05) is 7.05 Å². The molecule has 1 aromatic carbocycles. The van der Waals surface area contributed by atoms with E-state index >= 15 is 0 Å². The molecule has 6 heteroatoms. The fourth-order valence-corrected chi connectivity index (χ4v) is 3.86. The molecule has 0 unspecified atom stereocenters. The van der Waals surface area contributed by atoms with Crippen molar-refractivity contribution in [2.45, 2.75) is 26.8 Å². The van der Waals surface area contributed by atoms with Crippen LogP contribution in [-0.4, -0.2) is 22.7 Å². The van der Waals surface area contributed by atoms with Gasteiger partial charge in [-0.2, -0.15) is 5.10 Å². The van der Waals surface area contributed by atoms with Gasteiger partial charge >= 0.3 is 0 Å². The first-order chi connectivity index (χ1) is 11.0. The van der Waals surface area contributed by atoms with Crippen molar-refractivity contribution in [3.05, 3.63) is 51.1 Å². The van der Waals surface area contributed by atoms with E-state index < -0.39 is 0 Å². The van der Waals surface area contributed by atoms with Crippen molar-refractivity contribution in [3.63, 3.8) is 0 Å². The number of hydrogen-bond donors (Lipinski definition) is 1. The molecule has 0 atom stereocenters. The van der Waals surface area contributed by atoms with Crippen molar-refractivity contribution in [1.29, 1.82) is 0 Å². The van der Waals surface area contributed by atoms with Gasteiger partial charge in [0, 0.05) is 34.4 Å². The molecule has 0 saturated carbocycles. The molecule has 4 nitrogen and oxygen atoms in total. The van der Waals surface area contributed by atoms with Crippen LogP contribution in [0.1, 0.15) is 22.5 Å². The molecule has 2 aromatic heterocycles. The molecule has 2 heterocycles. The molecule has 1 N–H and O–H groups in total. The summed E-state index contributed by atoms with van der Waals surface area (Å²) in [5, 5.41) is 11.3. The highest BCUT2D eigenvalue weighted by Crippen LogP contribution is 2.31. The Balaban J connectivity index is 1.96. The second-order valence-electron chi connectivity index (χ2n) is 5.56. The molecule has 3 aromatic rings. The van der Waals surface area contributed by atoms with Crippen molar-refractivity contribution in [2.24, 2.45) is 0 Å². The Morgan fingerprint density at radius 2 is 2.17 bits per heavy atom. The van der Waals surface area contributed by atoms with Crippen LogP contribution in [0.15, 0.2) is 23.6 Å². The maximum absolute atomic E-state index is 11.6. The Hall–Kier alpha value is -1.85. The third-order valence-electron chi connectivity index (χ3n) is 4.09. The second kappa shape index (κ2) is 6.34. The van der Waals surface area contributed by atoms with Crippen LogP contribution in [-0.2, 0) is 17.8 Å². The van der Waals surface area contributed by atoms with E-state index in [9.17, 15) is 4.79 Å². The minimum absolute atomic E-state index is 0.0464. The van der Waals surface area contributed by atoms with Gasteiger partial charge < -0.3 is 5.32 Å². The predicted molar refractivity (Wildman–Crippen MR) is 95.4 cm³/mol. The number of hydrogen-bond acceptors (Lipinski definition) is 3. The SMILES string of the molecule is CNC(=O)Cn1nc(C)c(Cc2csc3ccc(Cl)cc23)c1C. The Labute approximate surface area is 144 Å². The Kier molecular flexibility index (Phi) is 4.41. The summed E-state index contributed by atoms with van der Waals surface area (Å²) in [5.41, 5.74) is 4.42. The Morgan fingerprint density at radius 1 is 1.39 bits per heavy atom. The van der Waals surface area contributed by atoms with Gasteiger partial charge in [0.2, 0.25) is 5.91 Å². The number of thiophene rings is 1. The Morgan fingerprint density at radius 3 is 2.91 bits per heavy atom. The normalized spacial score (nSPS) is 11.1. The summed E-state index contributed by atoms with van der Waals surface area (Å²) in [6.07, 6.45) is 0.797. The number of rotatable bonds is 4. The first kappa shape index (κ1) is 16.0. The zero-order valence-electron chi connectivity index (χ0n) is 13.3. The third kappa shape index (κ3) is 3.12. The average Bonchev–Trinajstić information content (AvgIpc) is 3.03. The average molecular weight is 348 g/mol. The summed E-state index contributed by atoms with van der Waals surface area (Å²) in [6.45, 7) is 4.25. The molecular formula is C17H18ClN3OS. The lowest BCUT2D eigenvalue weighted by molar-refractivity contribution is -0.121. The van der Waals surface area contributed by atoms with E-state index in [-0.39, 0.29) is 12.5 Å². The van der Waals surface area contributed by atoms with Crippen LogP contribution in [0.2, 0.25) is 5.02 Å². The number of aromatic nitrogens is 2. The smallest absolute Gasteiger partial charge is 0.241 e. The van der Waals surface area contributed by atoms with Gasteiger partial charge in [-0.25, -0.2) is 0 Å². The fraction of sp³-hybridized carbons (Fsp3) is 0.294. The number of carbonyl (C=O) groups is 1. The molecular weight excluding hydrogens is 330 g/mol. The molecule has 23 heavy (non-hydrogen) atoms. The highest BCUT2D eigenvalue weighted by molar-refractivity contribution is 7.17. The van der Waals surface area contributed by atoms with Crippen molar-refractivity contribution in [3.8, 4) is 0 Å². The van der Waals surface area contributed by atoms with Gasteiger partial charge in [-0.15, -0.1) is 11.3 Å². The largest absolute Gasteiger partial charge is 0.358 e. The van der Waals surface area contributed by atoms with Gasteiger partial charge in [0.25, 0.3) is 0 Å². The lowest BCUT2D eigenvalue weighted by atomic mass is 10.0. The summed E-state index contributed by atoms with van der Waals surface area (Å²) >= 11 is 7.86. The highest BCUT2D eigenvalue weighted by atomic mass is 35.5. The molecule has 0 radical (unpaired) electrons. The molecule has 3 rings (SSSR count). The van der Waals surface area contributed by atoms with Gasteiger partial charge in [0.1, 0.15) is 6.54 Å². The number of nitrogens with zero attached hydrogens (tertiary/aromatic N) is 2. The van der Waals surface area contributed by atoms with E-state index in [4.69, 9.17) is 11.6 Å². The second-order valence-corrected chi connectivity index (χ2v) is 6.91. The summed E-state index contributed by atoms with van der Waals surface area (Å²) in [6, 6.07) is 5.99. The van der Waals surface area contributed by atoms with Crippen molar-refractivity contribution in [1.82, 2.24) is 15.1 Å². The molecule has 120 valence electrons. The first-order valence-corrected chi connectivity index (χ1v) is 8.64. The van der Waals surface area contributed by atoms with Crippen LogP contribution >= 0.6 is 22.9 Å². The van der Waals surface area contributed by atoms with Gasteiger partial charge in [0.05, 0.1) is 5.69 Å². The fourth-order valence-electron chi connectivity index (χ4n) is 2.74. The van der Waals surface area contributed by atoms with Gasteiger partial charge in [-0.05, 0) is 48.4 Å². The number of nitrogens with one attached hydrogen (secondary N) is 1. The maximum Gasteiger partial charge on any atom is 0.241 e. The molecule has 0 aliphatic rings. The molecule has 0 spiro atoms. The summed E-state index contributed by atoms with van der Waals surface area (Å²) in [7, 11) is 1.64. The standard InChI is InChI=1S/C17H18ClN3OS/c1-10-14(11(2)21(20-10)8-17(22)19-3)6-12-9-23-16-5-4-13(18)7-15(12)16/h4-5,7,9H,6,8H2,1-3H3,(H,19,22). The van der Waals surface area contributed by atoms with Crippen LogP contribution in [0.3, 0.4) is 0 Å². The number of aryl methyl sites for hydroxylation is 1. The molecule has 0 fully saturated rings. The number of amides is 1. The summed E-state index contributed by atoms with van der Waals surface area (Å²) < 4.78 is 3.00. The Bertz CT molecular complexity index is 881. The minimum Gasteiger partial charge on any atom is -0.358 e. The lowest BCUT2D eigenvalue weighted by Gasteiger charge is -2.05. The maximum atomic E-state index is 11.6. The van der Waals surface area contributed by atoms with Crippen LogP contribution in [0.4, 0.5) is 0 Å². The van der Waals surface area contributed by atoms with Crippen LogP contribution < -0.4 is 5.32 Å². The van der Waals surface area contributed by atoms with Gasteiger partial charge in [0.15, 0.2) is 0 Å². The van der Waals surface area contributed by atoms with E-state index in [1.54, 1.807) is 23.1 Å². The predicted octanol–water partition coefficient (Wildman–Crippen LogP) is 3.70. The first-order valence-electron chi connectivity index (χ1n) is 7.38. The quantitative estimate of drug-likeness (QED) is 0.782. The van der Waals surface area contributed by atoms with Crippen LogP contribution in [0.25, 0.3) is 10.1 Å². The number of halogens is 1. The van der Waals surface area contributed by atoms with E-state index in [0.717, 1.165) is 22.8 Å². The lowest BCUT2D eigenvalue weighted by Crippen LogP contribution is -2.24. The third-order valence-corrected chi connectivity index (χ3v) is 5.33. The molecule has 0 aliphatic heterocycles. The van der Waals surface area contributed by atoms with Gasteiger partial charge in [-0.1, -0.05) is 11.6 Å². The molecule has 1 amide bonds. The zero-order chi connectivity index (χ0) is 16.6. The number of fused-ring (bicyclic) bond motifs is 1. The zero-order valence-corrected chi connectivity index (χ0v) is 14.9. The van der Waals surface area contributed by atoms with E-state index in [0.29, 0.717) is 0 Å². The topological polar surface area (TPSA) is 46.9 Å². The number of likely N-dealkylation sites (N-methyl/N-ethyl adjacent to an activating group) is 1. The van der Waals surface area contributed by atoms with Crippen molar-refractivity contribution < 1.29 is 4.79 Å². The molecule has 0 aliphatic carbocycles. The minimum atomic E-state index is -0.0464. The van der Waals surface area contributed by atoms with Gasteiger partial charge in [-0.3, -0.25) is 9.48 Å². The van der Waals surface area contributed by atoms with Crippen LogP contribution in [0.5, 0.6) is 0 Å². The van der Waals surface area contributed by atoms with Crippen molar-refractivity contribution >= 4 is 38.9 Å². The monoisotopic (exact) mass is 347 g/mol. The van der Waals surface area contributed by atoms with E-state index in [1.165, 1.54) is 21.2 Å². The highest BCUT2D eigenvalue weighted by Gasteiger charge is 2.15.